The van der Waals surface area contributed by atoms with Gasteiger partial charge in [0.1, 0.15) is 5.76 Å². The third-order valence-electron chi connectivity index (χ3n) is 2.51. The van der Waals surface area contributed by atoms with Gasteiger partial charge in [-0.1, -0.05) is 6.07 Å². The maximum absolute atomic E-state index is 13.4. The number of rotatable bonds is 3. The Morgan fingerprint density at radius 3 is 2.72 bits per heavy atom. The minimum Gasteiger partial charge on any atom is -0.467 e. The van der Waals surface area contributed by atoms with Crippen LogP contribution in [0.4, 0.5) is 8.78 Å². The number of benzene rings is 1. The lowest BCUT2D eigenvalue weighted by Crippen LogP contribution is -2.27. The second kappa shape index (κ2) is 5.00. The Bertz CT molecular complexity index is 552. The molecule has 0 aliphatic heterocycles. The van der Waals surface area contributed by atoms with Crippen LogP contribution in [-0.4, -0.2) is 5.91 Å². The fraction of sp³-hybridized carbons (Fsp3) is 0.154. The van der Waals surface area contributed by atoms with Gasteiger partial charge in [-0.3, -0.25) is 4.79 Å². The van der Waals surface area contributed by atoms with Crippen molar-refractivity contribution in [1.29, 1.82) is 0 Å². The number of halogens is 2. The first-order valence-corrected chi connectivity index (χ1v) is 5.38. The Labute approximate surface area is 102 Å². The van der Waals surface area contributed by atoms with Crippen LogP contribution in [0.15, 0.2) is 41.0 Å². The summed E-state index contributed by atoms with van der Waals surface area (Å²) in [5, 5.41) is 2.53. The van der Waals surface area contributed by atoms with Gasteiger partial charge in [-0.15, -0.1) is 0 Å². The van der Waals surface area contributed by atoms with E-state index >= 15 is 0 Å². The van der Waals surface area contributed by atoms with E-state index in [4.69, 9.17) is 4.42 Å². The zero-order valence-electron chi connectivity index (χ0n) is 9.61. The SMILES string of the molecule is CC(NC(=O)c1cccc(F)c1F)c1ccco1. The molecule has 2 rings (SSSR count). The van der Waals surface area contributed by atoms with Crippen LogP contribution in [0.1, 0.15) is 29.1 Å². The number of carbonyl (C=O) groups excluding carboxylic acids is 1. The van der Waals surface area contributed by atoms with Crippen molar-refractivity contribution in [3.63, 3.8) is 0 Å². The monoisotopic (exact) mass is 251 g/mol. The molecule has 18 heavy (non-hydrogen) atoms. The van der Waals surface area contributed by atoms with Crippen molar-refractivity contribution >= 4 is 5.91 Å². The zero-order chi connectivity index (χ0) is 13.1. The maximum Gasteiger partial charge on any atom is 0.254 e. The average Bonchev–Trinajstić information content (AvgIpc) is 2.86. The topological polar surface area (TPSA) is 42.2 Å². The maximum atomic E-state index is 13.4. The molecule has 5 heteroatoms. The highest BCUT2D eigenvalue weighted by atomic mass is 19.2. The fourth-order valence-electron chi connectivity index (χ4n) is 1.56. The van der Waals surface area contributed by atoms with E-state index < -0.39 is 23.6 Å². The van der Waals surface area contributed by atoms with Gasteiger partial charge in [0.05, 0.1) is 17.9 Å². The van der Waals surface area contributed by atoms with E-state index in [9.17, 15) is 13.6 Å². The summed E-state index contributed by atoms with van der Waals surface area (Å²) >= 11 is 0. The lowest BCUT2D eigenvalue weighted by molar-refractivity contribution is 0.0930. The summed E-state index contributed by atoms with van der Waals surface area (Å²) in [6, 6.07) is 6.42. The first kappa shape index (κ1) is 12.3. The largest absolute Gasteiger partial charge is 0.467 e. The third-order valence-corrected chi connectivity index (χ3v) is 2.51. The van der Waals surface area contributed by atoms with E-state index in [0.717, 1.165) is 6.07 Å². The molecule has 3 nitrogen and oxygen atoms in total. The summed E-state index contributed by atoms with van der Waals surface area (Å²) < 4.78 is 31.5. The van der Waals surface area contributed by atoms with Crippen LogP contribution >= 0.6 is 0 Å². The first-order valence-electron chi connectivity index (χ1n) is 5.38. The molecule has 0 spiro atoms. The Morgan fingerprint density at radius 2 is 2.06 bits per heavy atom. The van der Waals surface area contributed by atoms with Gasteiger partial charge in [-0.05, 0) is 31.2 Å². The summed E-state index contributed by atoms with van der Waals surface area (Å²) in [6.45, 7) is 1.69. The summed E-state index contributed by atoms with van der Waals surface area (Å²) in [5.41, 5.74) is -0.326. The Morgan fingerprint density at radius 1 is 1.28 bits per heavy atom. The van der Waals surface area contributed by atoms with E-state index in [1.165, 1.54) is 18.4 Å². The minimum atomic E-state index is -1.15. The fourth-order valence-corrected chi connectivity index (χ4v) is 1.56. The van der Waals surface area contributed by atoms with E-state index in [2.05, 4.69) is 5.32 Å². The lowest BCUT2D eigenvalue weighted by Gasteiger charge is -2.11. The number of nitrogens with one attached hydrogen (secondary N) is 1. The highest BCUT2D eigenvalue weighted by Crippen LogP contribution is 2.15. The van der Waals surface area contributed by atoms with Crippen LogP contribution in [-0.2, 0) is 0 Å². The second-order valence-corrected chi connectivity index (χ2v) is 3.81. The molecule has 1 amide bonds. The molecule has 0 bridgehead atoms. The predicted octanol–water partition coefficient (Wildman–Crippen LogP) is 3.05. The molecule has 0 radical (unpaired) electrons. The Balaban J connectivity index is 2.15. The highest BCUT2D eigenvalue weighted by Gasteiger charge is 2.18. The third kappa shape index (κ3) is 2.40. The molecule has 1 N–H and O–H groups in total. The molecule has 0 fully saturated rings. The molecule has 0 saturated carbocycles. The summed E-state index contributed by atoms with van der Waals surface area (Å²) in [5.74, 6) is -2.34. The number of carbonyl (C=O) groups is 1. The molecule has 1 unspecified atom stereocenters. The highest BCUT2D eigenvalue weighted by molar-refractivity contribution is 5.94. The van der Waals surface area contributed by atoms with Crippen LogP contribution in [0.3, 0.4) is 0 Å². The molecule has 0 aliphatic carbocycles. The van der Waals surface area contributed by atoms with Gasteiger partial charge < -0.3 is 9.73 Å². The van der Waals surface area contributed by atoms with Crippen LogP contribution in [0.2, 0.25) is 0 Å². The molecule has 2 aromatic rings. The van der Waals surface area contributed by atoms with Gasteiger partial charge in [0.25, 0.3) is 5.91 Å². The average molecular weight is 251 g/mol. The molecule has 94 valence electrons. The lowest BCUT2D eigenvalue weighted by atomic mass is 10.1. The van der Waals surface area contributed by atoms with Gasteiger partial charge in [0.2, 0.25) is 0 Å². The Kier molecular flexibility index (Phi) is 3.41. The molecular formula is C13H11F2NO2. The molecule has 1 aromatic heterocycles. The van der Waals surface area contributed by atoms with Crippen molar-refractivity contribution in [3.8, 4) is 0 Å². The van der Waals surface area contributed by atoms with Crippen LogP contribution in [0.25, 0.3) is 0 Å². The molecule has 1 aromatic carbocycles. The van der Waals surface area contributed by atoms with Crippen LogP contribution in [0.5, 0.6) is 0 Å². The van der Waals surface area contributed by atoms with E-state index in [0.29, 0.717) is 5.76 Å². The van der Waals surface area contributed by atoms with Gasteiger partial charge in [-0.2, -0.15) is 0 Å². The van der Waals surface area contributed by atoms with Crippen molar-refractivity contribution in [2.75, 3.05) is 0 Å². The van der Waals surface area contributed by atoms with Crippen molar-refractivity contribution in [3.05, 3.63) is 59.6 Å². The molecule has 0 aliphatic rings. The van der Waals surface area contributed by atoms with Crippen molar-refractivity contribution in [2.24, 2.45) is 0 Å². The van der Waals surface area contributed by atoms with Crippen LogP contribution in [0, 0.1) is 11.6 Å². The second-order valence-electron chi connectivity index (χ2n) is 3.81. The summed E-state index contributed by atoms with van der Waals surface area (Å²) in [4.78, 5) is 11.8. The molecule has 1 atom stereocenters. The van der Waals surface area contributed by atoms with Gasteiger partial charge in [-0.25, -0.2) is 8.78 Å². The standard InChI is InChI=1S/C13H11F2NO2/c1-8(11-6-3-7-18-11)16-13(17)9-4-2-5-10(14)12(9)15/h2-8H,1H3,(H,16,17). The molecule has 1 heterocycles. The van der Waals surface area contributed by atoms with Gasteiger partial charge in [0.15, 0.2) is 11.6 Å². The van der Waals surface area contributed by atoms with Gasteiger partial charge >= 0.3 is 0 Å². The molecular weight excluding hydrogens is 240 g/mol. The molecule has 0 saturated heterocycles. The normalized spacial score (nSPS) is 12.2. The smallest absolute Gasteiger partial charge is 0.254 e. The van der Waals surface area contributed by atoms with Crippen molar-refractivity contribution < 1.29 is 18.0 Å². The number of furan rings is 1. The van der Waals surface area contributed by atoms with Gasteiger partial charge in [0, 0.05) is 0 Å². The first-order chi connectivity index (χ1) is 8.59. The van der Waals surface area contributed by atoms with E-state index in [-0.39, 0.29) is 5.56 Å². The summed E-state index contributed by atoms with van der Waals surface area (Å²) in [7, 11) is 0. The summed E-state index contributed by atoms with van der Waals surface area (Å²) in [6.07, 6.45) is 1.47. The number of hydrogen-bond donors (Lipinski definition) is 1. The number of hydrogen-bond acceptors (Lipinski definition) is 2. The predicted molar refractivity (Wildman–Crippen MR) is 60.9 cm³/mol. The number of amides is 1. The van der Waals surface area contributed by atoms with Crippen molar-refractivity contribution in [1.82, 2.24) is 5.32 Å². The Hall–Kier alpha value is -2.17. The van der Waals surface area contributed by atoms with E-state index in [1.54, 1.807) is 19.1 Å². The quantitative estimate of drug-likeness (QED) is 0.911. The van der Waals surface area contributed by atoms with E-state index in [1.807, 2.05) is 0 Å². The zero-order valence-corrected chi connectivity index (χ0v) is 9.61. The van der Waals surface area contributed by atoms with Crippen LogP contribution < -0.4 is 5.32 Å². The van der Waals surface area contributed by atoms with Crippen molar-refractivity contribution in [2.45, 2.75) is 13.0 Å². The minimum absolute atomic E-state index is 0.326.